The molecule has 0 aliphatic rings. The summed E-state index contributed by atoms with van der Waals surface area (Å²) >= 11 is 0. The third kappa shape index (κ3) is 5.65. The summed E-state index contributed by atoms with van der Waals surface area (Å²) < 4.78 is 6.60. The molecular formula is C49H32N4O. The molecule has 0 atom stereocenters. The van der Waals surface area contributed by atoms with E-state index < -0.39 is 0 Å². The Hall–Kier alpha value is -7.37. The highest BCUT2D eigenvalue weighted by Crippen LogP contribution is 2.43. The van der Waals surface area contributed by atoms with Gasteiger partial charge in [-0.3, -0.25) is 0 Å². The predicted molar refractivity (Wildman–Crippen MR) is 221 cm³/mol. The van der Waals surface area contributed by atoms with Crippen LogP contribution in [0, 0.1) is 0 Å². The van der Waals surface area contributed by atoms with Gasteiger partial charge in [-0.25, -0.2) is 15.0 Å². The van der Waals surface area contributed by atoms with Gasteiger partial charge in [-0.2, -0.15) is 0 Å². The van der Waals surface area contributed by atoms with Gasteiger partial charge in [0, 0.05) is 49.9 Å². The summed E-state index contributed by atoms with van der Waals surface area (Å²) in [6.45, 7) is 0. The first-order chi connectivity index (χ1) is 26.8. The summed E-state index contributed by atoms with van der Waals surface area (Å²) in [5.41, 5.74) is 9.86. The number of anilines is 3. The van der Waals surface area contributed by atoms with Crippen molar-refractivity contribution in [1.29, 1.82) is 0 Å². The number of fused-ring (bicyclic) bond motifs is 5. The van der Waals surface area contributed by atoms with Crippen molar-refractivity contribution in [3.05, 3.63) is 194 Å². The Labute approximate surface area is 312 Å². The normalized spacial score (nSPS) is 11.3. The lowest BCUT2D eigenvalue weighted by molar-refractivity contribution is 0.672. The van der Waals surface area contributed by atoms with Crippen LogP contribution < -0.4 is 4.90 Å². The highest BCUT2D eigenvalue weighted by molar-refractivity contribution is 6.19. The highest BCUT2D eigenvalue weighted by Gasteiger charge is 2.21. The summed E-state index contributed by atoms with van der Waals surface area (Å²) in [5.74, 6) is 1.83. The molecule has 254 valence electrons. The first-order valence-corrected chi connectivity index (χ1v) is 18.0. The second-order valence-electron chi connectivity index (χ2n) is 13.3. The van der Waals surface area contributed by atoms with E-state index in [0.29, 0.717) is 17.5 Å². The molecule has 0 radical (unpaired) electrons. The molecule has 2 heterocycles. The number of rotatable bonds is 7. The number of nitrogens with zero attached hydrogens (tertiary/aromatic N) is 4. The van der Waals surface area contributed by atoms with Crippen LogP contribution in [0.25, 0.3) is 78.0 Å². The van der Waals surface area contributed by atoms with E-state index in [-0.39, 0.29) is 0 Å². The van der Waals surface area contributed by atoms with Crippen molar-refractivity contribution in [1.82, 2.24) is 15.0 Å². The maximum absolute atomic E-state index is 6.60. The van der Waals surface area contributed by atoms with Crippen molar-refractivity contribution in [2.24, 2.45) is 0 Å². The predicted octanol–water partition coefficient (Wildman–Crippen LogP) is 13.1. The lowest BCUT2D eigenvalue weighted by Crippen LogP contribution is -2.10. The average Bonchev–Trinajstić information content (AvgIpc) is 3.64. The van der Waals surface area contributed by atoms with Crippen molar-refractivity contribution in [3.63, 3.8) is 0 Å². The van der Waals surface area contributed by atoms with Crippen molar-refractivity contribution < 1.29 is 4.42 Å². The van der Waals surface area contributed by atoms with E-state index in [4.69, 9.17) is 19.4 Å². The van der Waals surface area contributed by atoms with E-state index >= 15 is 0 Å². The fraction of sp³-hybridized carbons (Fsp3) is 0. The Morgan fingerprint density at radius 1 is 0.333 bits per heavy atom. The Kier molecular flexibility index (Phi) is 7.73. The minimum atomic E-state index is 0.593. The van der Waals surface area contributed by atoms with Crippen LogP contribution in [0.1, 0.15) is 0 Å². The standard InChI is InChI=1S/C49H32N4O/c1-5-15-33(16-6-1)34-25-27-38(28-26-34)53(37-21-11-4-12-22-37)39-29-30-41-42(31-39)44(32-43-40-23-13-14-24-45(40)54-46(41)43)49-51-47(35-17-7-2-8-18-35)50-48(52-49)36-19-9-3-10-20-36/h1-32H. The number of para-hydroxylation sites is 2. The fourth-order valence-corrected chi connectivity index (χ4v) is 7.29. The fourth-order valence-electron chi connectivity index (χ4n) is 7.29. The SMILES string of the molecule is c1ccc(-c2ccc(N(c3ccccc3)c3ccc4c(c3)c(-c3nc(-c5ccccc5)nc(-c5ccccc5)n3)cc3c5ccccc5oc43)cc2)cc1. The topological polar surface area (TPSA) is 55.1 Å². The quantitative estimate of drug-likeness (QED) is 0.166. The van der Waals surface area contributed by atoms with Crippen LogP contribution in [0.4, 0.5) is 17.1 Å². The summed E-state index contributed by atoms with van der Waals surface area (Å²) in [6, 6.07) is 66.9. The lowest BCUT2D eigenvalue weighted by Gasteiger charge is -2.26. The Morgan fingerprint density at radius 2 is 0.833 bits per heavy atom. The van der Waals surface area contributed by atoms with Crippen LogP contribution in [0.5, 0.6) is 0 Å². The van der Waals surface area contributed by atoms with Crippen LogP contribution in [-0.2, 0) is 0 Å². The van der Waals surface area contributed by atoms with Gasteiger partial charge in [0.2, 0.25) is 0 Å². The third-order valence-corrected chi connectivity index (χ3v) is 9.91. The largest absolute Gasteiger partial charge is 0.455 e. The van der Waals surface area contributed by atoms with Gasteiger partial charge in [0.25, 0.3) is 0 Å². The van der Waals surface area contributed by atoms with Crippen LogP contribution in [0.15, 0.2) is 199 Å². The van der Waals surface area contributed by atoms with E-state index in [2.05, 4.69) is 114 Å². The first kappa shape index (κ1) is 31.4. The van der Waals surface area contributed by atoms with E-state index in [1.807, 2.05) is 84.9 Å². The number of benzene rings is 8. The molecule has 0 amide bonds. The van der Waals surface area contributed by atoms with Gasteiger partial charge in [-0.15, -0.1) is 0 Å². The van der Waals surface area contributed by atoms with E-state index in [1.54, 1.807) is 0 Å². The number of hydrogen-bond acceptors (Lipinski definition) is 5. The van der Waals surface area contributed by atoms with Crippen molar-refractivity contribution in [3.8, 4) is 45.3 Å². The molecule has 0 N–H and O–H groups in total. The molecule has 54 heavy (non-hydrogen) atoms. The maximum Gasteiger partial charge on any atom is 0.164 e. The lowest BCUT2D eigenvalue weighted by atomic mass is 9.98. The summed E-state index contributed by atoms with van der Waals surface area (Å²) in [5, 5.41) is 4.02. The van der Waals surface area contributed by atoms with E-state index in [1.165, 1.54) is 11.1 Å². The summed E-state index contributed by atoms with van der Waals surface area (Å²) in [4.78, 5) is 17.6. The zero-order valence-corrected chi connectivity index (χ0v) is 29.2. The van der Waals surface area contributed by atoms with Gasteiger partial charge in [-0.05, 0) is 71.1 Å². The van der Waals surface area contributed by atoms with Gasteiger partial charge in [-0.1, -0.05) is 140 Å². The van der Waals surface area contributed by atoms with Crippen LogP contribution >= 0.6 is 0 Å². The minimum absolute atomic E-state index is 0.593. The molecule has 0 saturated carbocycles. The molecule has 0 fully saturated rings. The summed E-state index contributed by atoms with van der Waals surface area (Å²) in [7, 11) is 0. The molecule has 0 spiro atoms. The van der Waals surface area contributed by atoms with Gasteiger partial charge in [0.15, 0.2) is 17.5 Å². The molecule has 0 aliphatic heterocycles. The third-order valence-electron chi connectivity index (χ3n) is 9.91. The molecular weight excluding hydrogens is 661 g/mol. The van der Waals surface area contributed by atoms with Gasteiger partial charge in [0.05, 0.1) is 0 Å². The second kappa shape index (κ2) is 13.3. The van der Waals surface area contributed by atoms with Crippen LogP contribution in [-0.4, -0.2) is 15.0 Å². The van der Waals surface area contributed by atoms with Crippen LogP contribution in [0.3, 0.4) is 0 Å². The van der Waals surface area contributed by atoms with Gasteiger partial charge in [0.1, 0.15) is 11.2 Å². The Bertz CT molecular complexity index is 2850. The second-order valence-corrected chi connectivity index (χ2v) is 13.3. The molecule has 2 aromatic heterocycles. The minimum Gasteiger partial charge on any atom is -0.455 e. The summed E-state index contributed by atoms with van der Waals surface area (Å²) in [6.07, 6.45) is 0. The first-order valence-electron chi connectivity index (χ1n) is 18.0. The molecule has 0 saturated heterocycles. The van der Waals surface area contributed by atoms with Crippen molar-refractivity contribution in [2.75, 3.05) is 4.90 Å². The zero-order valence-electron chi connectivity index (χ0n) is 29.2. The molecule has 0 unspecified atom stereocenters. The molecule has 0 bridgehead atoms. The molecule has 10 aromatic rings. The number of furan rings is 1. The van der Waals surface area contributed by atoms with Crippen molar-refractivity contribution in [2.45, 2.75) is 0 Å². The smallest absolute Gasteiger partial charge is 0.164 e. The molecule has 5 nitrogen and oxygen atoms in total. The van der Waals surface area contributed by atoms with E-state index in [9.17, 15) is 0 Å². The molecule has 8 aromatic carbocycles. The highest BCUT2D eigenvalue weighted by atomic mass is 16.3. The Balaban J connectivity index is 1.23. The number of aromatic nitrogens is 3. The monoisotopic (exact) mass is 692 g/mol. The van der Waals surface area contributed by atoms with E-state index in [0.717, 1.165) is 66.5 Å². The van der Waals surface area contributed by atoms with Gasteiger partial charge >= 0.3 is 0 Å². The molecule has 10 rings (SSSR count). The molecule has 5 heteroatoms. The molecule has 0 aliphatic carbocycles. The van der Waals surface area contributed by atoms with Gasteiger partial charge < -0.3 is 9.32 Å². The average molecular weight is 693 g/mol. The Morgan fingerprint density at radius 3 is 1.48 bits per heavy atom. The number of hydrogen-bond donors (Lipinski definition) is 0. The zero-order chi connectivity index (χ0) is 35.8. The maximum atomic E-state index is 6.60. The van der Waals surface area contributed by atoms with Crippen molar-refractivity contribution >= 4 is 49.8 Å². The van der Waals surface area contributed by atoms with Crippen LogP contribution in [0.2, 0.25) is 0 Å².